The van der Waals surface area contributed by atoms with E-state index in [2.05, 4.69) is 26.6 Å². The summed E-state index contributed by atoms with van der Waals surface area (Å²) < 4.78 is 10.9. The summed E-state index contributed by atoms with van der Waals surface area (Å²) in [5.74, 6) is -6.45. The monoisotopic (exact) mass is 875 g/mol. The molecular formula is C45H45N7O12. The van der Waals surface area contributed by atoms with Gasteiger partial charge in [-0.1, -0.05) is 12.1 Å². The van der Waals surface area contributed by atoms with Crippen LogP contribution in [0.25, 0.3) is 0 Å². The van der Waals surface area contributed by atoms with Crippen LogP contribution in [-0.2, 0) is 25.5 Å². The Morgan fingerprint density at radius 1 is 0.625 bits per heavy atom. The summed E-state index contributed by atoms with van der Waals surface area (Å²) in [6, 6.07) is 22.8. The van der Waals surface area contributed by atoms with E-state index in [4.69, 9.17) is 26.0 Å². The molecule has 332 valence electrons. The minimum absolute atomic E-state index is 0.0144. The van der Waals surface area contributed by atoms with Crippen LogP contribution in [0.15, 0.2) is 109 Å². The highest BCUT2D eigenvalue weighted by Crippen LogP contribution is 2.39. The molecule has 0 aliphatic heterocycles. The second-order valence-electron chi connectivity index (χ2n) is 14.4. The molecule has 0 aliphatic rings. The lowest BCUT2D eigenvalue weighted by Gasteiger charge is -2.24. The molecule has 0 bridgehead atoms. The highest BCUT2D eigenvalue weighted by Gasteiger charge is 2.34. The van der Waals surface area contributed by atoms with Crippen molar-refractivity contribution in [2.45, 2.75) is 44.6 Å². The zero-order chi connectivity index (χ0) is 46.7. The average molecular weight is 876 g/mol. The van der Waals surface area contributed by atoms with E-state index in [1.807, 2.05) is 0 Å². The van der Waals surface area contributed by atoms with Gasteiger partial charge in [0, 0.05) is 35.3 Å². The second-order valence-corrected chi connectivity index (χ2v) is 14.4. The number of nitrogens with one attached hydrogen (secondary N) is 5. The van der Waals surface area contributed by atoms with Gasteiger partial charge in [-0.05, 0) is 123 Å². The van der Waals surface area contributed by atoms with Gasteiger partial charge in [-0.15, -0.1) is 0 Å². The first-order valence-electron chi connectivity index (χ1n) is 19.4. The van der Waals surface area contributed by atoms with Gasteiger partial charge in [0.25, 0.3) is 17.7 Å². The van der Waals surface area contributed by atoms with Crippen LogP contribution in [0.3, 0.4) is 0 Å². The van der Waals surface area contributed by atoms with Gasteiger partial charge < -0.3 is 62.8 Å². The van der Waals surface area contributed by atoms with Gasteiger partial charge in [-0.25, -0.2) is 4.79 Å². The number of phenolic OH excluding ortho intramolecular Hbond substituents is 2. The number of benzene rings is 5. The van der Waals surface area contributed by atoms with Crippen LogP contribution in [0.4, 0.5) is 22.7 Å². The van der Waals surface area contributed by atoms with Crippen LogP contribution in [0.1, 0.15) is 60.8 Å². The zero-order valence-corrected chi connectivity index (χ0v) is 34.6. The number of carbonyl (C=O) groups excluding carboxylic acids is 6. The fourth-order valence-corrected chi connectivity index (χ4v) is 6.06. The first-order chi connectivity index (χ1) is 30.4. The summed E-state index contributed by atoms with van der Waals surface area (Å²) in [5.41, 5.74) is 13.0. The standard InChI is InChI=1S/C45H45N7O12/c1-23(2)64-37-34(21-20-32(36(37)54)42(58)48-28-16-10-27(11-17-28)45(61)62)51-40(56)25-6-14-30(15-7-25)50-44(60)35(38(63-3)39(47)55)52-41(57)26-8-12-29(13-9-26)49-43(59)33(46)22-24-4-18-31(53)19-5-24/h4-21,23,33,35,38,53-54H,22,46H2,1-3H3,(H2,47,55)(H,48,58)(H,49,59)(H,50,60)(H,51,56)(H,52,57)(H,61,62). The van der Waals surface area contributed by atoms with Crippen LogP contribution in [0, 0.1) is 0 Å². The molecule has 19 nitrogen and oxygen atoms in total. The van der Waals surface area contributed by atoms with Crippen molar-refractivity contribution in [1.29, 1.82) is 0 Å². The predicted molar refractivity (Wildman–Crippen MR) is 234 cm³/mol. The summed E-state index contributed by atoms with van der Waals surface area (Å²) in [6.45, 7) is 3.34. The molecule has 6 amide bonds. The number of methoxy groups -OCH3 is 1. The number of aromatic hydroxyl groups is 2. The van der Waals surface area contributed by atoms with Gasteiger partial charge in [0.1, 0.15) is 11.8 Å². The molecule has 0 radical (unpaired) electrons. The molecule has 0 heterocycles. The predicted octanol–water partition coefficient (Wildman–Crippen LogP) is 3.83. The van der Waals surface area contributed by atoms with E-state index < -0.39 is 71.5 Å². The number of carboxylic acid groups (broad SMARTS) is 1. The van der Waals surface area contributed by atoms with Crippen molar-refractivity contribution < 1.29 is 58.4 Å². The van der Waals surface area contributed by atoms with Crippen molar-refractivity contribution in [3.8, 4) is 17.2 Å². The number of phenols is 2. The van der Waals surface area contributed by atoms with Crippen molar-refractivity contribution >= 4 is 64.2 Å². The molecule has 0 spiro atoms. The molecule has 12 N–H and O–H groups in total. The number of amides is 6. The van der Waals surface area contributed by atoms with Gasteiger partial charge in [-0.2, -0.15) is 0 Å². The number of primary amides is 1. The van der Waals surface area contributed by atoms with E-state index in [0.29, 0.717) is 5.69 Å². The van der Waals surface area contributed by atoms with E-state index in [0.717, 1.165) is 12.7 Å². The summed E-state index contributed by atoms with van der Waals surface area (Å²) in [4.78, 5) is 89.5. The highest BCUT2D eigenvalue weighted by atomic mass is 16.5. The smallest absolute Gasteiger partial charge is 0.335 e. The van der Waals surface area contributed by atoms with Crippen LogP contribution in [-0.4, -0.2) is 88.1 Å². The minimum atomic E-state index is -1.63. The summed E-state index contributed by atoms with van der Waals surface area (Å²) in [5, 5.41) is 42.6. The minimum Gasteiger partial charge on any atom is -0.508 e. The quantitative estimate of drug-likeness (QED) is 0.0599. The number of anilines is 4. The molecule has 5 aromatic carbocycles. The molecule has 5 aromatic rings. The summed E-state index contributed by atoms with van der Waals surface area (Å²) in [7, 11) is 1.13. The van der Waals surface area contributed by atoms with Gasteiger partial charge in [0.15, 0.2) is 17.6 Å². The Balaban J connectivity index is 1.23. The number of hydrogen-bond acceptors (Lipinski definition) is 12. The Morgan fingerprint density at radius 2 is 1.14 bits per heavy atom. The van der Waals surface area contributed by atoms with Crippen LogP contribution >= 0.6 is 0 Å². The third kappa shape index (κ3) is 12.2. The summed E-state index contributed by atoms with van der Waals surface area (Å²) >= 11 is 0. The van der Waals surface area contributed by atoms with Gasteiger partial charge in [0.05, 0.1) is 29.0 Å². The molecule has 0 aliphatic carbocycles. The molecule has 0 fully saturated rings. The third-order valence-electron chi connectivity index (χ3n) is 9.33. The first kappa shape index (κ1) is 46.8. The van der Waals surface area contributed by atoms with Crippen LogP contribution < -0.4 is 42.8 Å². The van der Waals surface area contributed by atoms with Crippen molar-refractivity contribution in [2.24, 2.45) is 11.5 Å². The highest BCUT2D eigenvalue weighted by molar-refractivity contribution is 6.10. The number of carboxylic acids is 1. The molecule has 64 heavy (non-hydrogen) atoms. The lowest BCUT2D eigenvalue weighted by molar-refractivity contribution is -0.134. The topological polar surface area (TPSA) is 311 Å². The van der Waals surface area contributed by atoms with E-state index in [9.17, 15) is 43.8 Å². The molecule has 3 unspecified atom stereocenters. The molecule has 5 rings (SSSR count). The van der Waals surface area contributed by atoms with Gasteiger partial charge in [-0.3, -0.25) is 28.8 Å². The van der Waals surface area contributed by atoms with E-state index in [-0.39, 0.29) is 57.2 Å². The summed E-state index contributed by atoms with van der Waals surface area (Å²) in [6.07, 6.45) is -1.90. The Kier molecular flexibility index (Phi) is 15.3. The van der Waals surface area contributed by atoms with Crippen molar-refractivity contribution in [3.05, 3.63) is 137 Å². The molecule has 0 saturated heterocycles. The normalized spacial score (nSPS) is 12.2. The average Bonchev–Trinajstić information content (AvgIpc) is 3.25. The van der Waals surface area contributed by atoms with Gasteiger partial charge in [0.2, 0.25) is 17.7 Å². The van der Waals surface area contributed by atoms with Crippen LogP contribution in [0.5, 0.6) is 17.2 Å². The Morgan fingerprint density at radius 3 is 1.66 bits per heavy atom. The Labute approximate surface area is 365 Å². The molecule has 19 heteroatoms. The SMILES string of the molecule is COC(C(N)=O)C(NC(=O)c1ccc(NC(=O)C(N)Cc2ccc(O)cc2)cc1)C(=O)Nc1ccc(C(=O)Nc2ccc(C(=O)Nc3ccc(C(=O)O)cc3)c(O)c2OC(C)C)cc1. The van der Waals surface area contributed by atoms with E-state index in [1.165, 1.54) is 97.1 Å². The second kappa shape index (κ2) is 21.0. The molecular weight excluding hydrogens is 831 g/mol. The molecule has 0 saturated carbocycles. The Hall–Kier alpha value is -8.29. The maximum absolute atomic E-state index is 13.6. The largest absolute Gasteiger partial charge is 0.508 e. The Bertz CT molecular complexity index is 2530. The fourth-order valence-electron chi connectivity index (χ4n) is 6.06. The number of nitrogens with two attached hydrogens (primary N) is 2. The number of hydrogen-bond donors (Lipinski definition) is 10. The lowest BCUT2D eigenvalue weighted by atomic mass is 10.1. The first-order valence-corrected chi connectivity index (χ1v) is 19.4. The number of aromatic carboxylic acids is 1. The van der Waals surface area contributed by atoms with Crippen molar-refractivity contribution in [3.63, 3.8) is 0 Å². The molecule has 0 aromatic heterocycles. The van der Waals surface area contributed by atoms with E-state index >= 15 is 0 Å². The van der Waals surface area contributed by atoms with E-state index in [1.54, 1.807) is 26.0 Å². The third-order valence-corrected chi connectivity index (χ3v) is 9.33. The maximum Gasteiger partial charge on any atom is 0.335 e. The lowest BCUT2D eigenvalue weighted by Crippen LogP contribution is -2.56. The molecule has 3 atom stereocenters. The number of rotatable bonds is 18. The van der Waals surface area contributed by atoms with Crippen molar-refractivity contribution in [1.82, 2.24) is 5.32 Å². The van der Waals surface area contributed by atoms with Crippen molar-refractivity contribution in [2.75, 3.05) is 28.4 Å². The fraction of sp³-hybridized carbons (Fsp3) is 0.178. The zero-order valence-electron chi connectivity index (χ0n) is 34.6. The maximum atomic E-state index is 13.6. The number of carbonyl (C=O) groups is 7. The van der Waals surface area contributed by atoms with Gasteiger partial charge >= 0.3 is 5.97 Å². The number of ether oxygens (including phenoxy) is 2. The van der Waals surface area contributed by atoms with Crippen LogP contribution in [0.2, 0.25) is 0 Å².